The molecule has 0 spiro atoms. The van der Waals surface area contributed by atoms with Gasteiger partial charge in [0.2, 0.25) is 21.8 Å². The molecule has 0 aliphatic rings. The summed E-state index contributed by atoms with van der Waals surface area (Å²) in [7, 11) is -3.87. The van der Waals surface area contributed by atoms with E-state index in [1.807, 2.05) is 64.1 Å². The van der Waals surface area contributed by atoms with Crippen molar-refractivity contribution in [2.75, 3.05) is 17.1 Å². The van der Waals surface area contributed by atoms with Crippen LogP contribution in [0.2, 0.25) is 0 Å². The SMILES string of the molecule is Cc1cc(C)cc(N(CC(=O)N(Cc2ccccc2F)[C@@H](Cc2ccccc2)C(=O)NC(C)C)S(C)(=O)=O)c1. The summed E-state index contributed by atoms with van der Waals surface area (Å²) in [6.45, 7) is 6.55. The van der Waals surface area contributed by atoms with Crippen LogP contribution in [0.3, 0.4) is 0 Å². The zero-order valence-corrected chi connectivity index (χ0v) is 23.8. The smallest absolute Gasteiger partial charge is 0.244 e. The van der Waals surface area contributed by atoms with Crippen LogP contribution in [0.5, 0.6) is 0 Å². The Kier molecular flexibility index (Phi) is 9.86. The Morgan fingerprint density at radius 1 is 0.923 bits per heavy atom. The van der Waals surface area contributed by atoms with E-state index in [2.05, 4.69) is 5.32 Å². The molecule has 1 N–H and O–H groups in total. The van der Waals surface area contributed by atoms with Crippen LogP contribution < -0.4 is 9.62 Å². The molecule has 1 atom stereocenters. The van der Waals surface area contributed by atoms with E-state index >= 15 is 0 Å². The highest BCUT2D eigenvalue weighted by atomic mass is 32.2. The molecule has 2 amide bonds. The molecule has 3 aromatic rings. The number of nitrogens with one attached hydrogen (secondary N) is 1. The topological polar surface area (TPSA) is 86.8 Å². The van der Waals surface area contributed by atoms with Crippen LogP contribution >= 0.6 is 0 Å². The third-order valence-corrected chi connectivity index (χ3v) is 7.31. The monoisotopic (exact) mass is 553 g/mol. The van der Waals surface area contributed by atoms with Crippen molar-refractivity contribution in [1.82, 2.24) is 10.2 Å². The second kappa shape index (κ2) is 12.9. The molecule has 0 saturated heterocycles. The number of amides is 2. The van der Waals surface area contributed by atoms with Crippen molar-refractivity contribution in [1.29, 1.82) is 0 Å². The number of carbonyl (C=O) groups excluding carboxylic acids is 2. The molecule has 0 unspecified atom stereocenters. The fourth-order valence-corrected chi connectivity index (χ4v) is 5.29. The Labute approximate surface area is 230 Å². The van der Waals surface area contributed by atoms with Gasteiger partial charge in [-0.3, -0.25) is 13.9 Å². The van der Waals surface area contributed by atoms with Gasteiger partial charge in [0.15, 0.2) is 0 Å². The minimum Gasteiger partial charge on any atom is -0.352 e. The molecule has 3 aromatic carbocycles. The quantitative estimate of drug-likeness (QED) is 0.382. The molecule has 3 rings (SSSR count). The maximum Gasteiger partial charge on any atom is 0.244 e. The molecular formula is C30H36FN3O4S. The fraction of sp³-hybridized carbons (Fsp3) is 0.333. The fourth-order valence-electron chi connectivity index (χ4n) is 4.45. The van der Waals surface area contributed by atoms with E-state index in [0.717, 1.165) is 27.3 Å². The van der Waals surface area contributed by atoms with Crippen molar-refractivity contribution in [3.8, 4) is 0 Å². The van der Waals surface area contributed by atoms with Gasteiger partial charge in [0.25, 0.3) is 0 Å². The molecule has 0 radical (unpaired) electrons. The summed E-state index contributed by atoms with van der Waals surface area (Å²) in [4.78, 5) is 28.8. The van der Waals surface area contributed by atoms with Gasteiger partial charge in [-0.15, -0.1) is 0 Å². The van der Waals surface area contributed by atoms with Gasteiger partial charge >= 0.3 is 0 Å². The molecule has 9 heteroatoms. The molecule has 0 bridgehead atoms. The van der Waals surface area contributed by atoms with E-state index in [4.69, 9.17) is 0 Å². The largest absolute Gasteiger partial charge is 0.352 e. The van der Waals surface area contributed by atoms with E-state index < -0.39 is 40.2 Å². The number of aryl methyl sites for hydroxylation is 2. The van der Waals surface area contributed by atoms with Gasteiger partial charge < -0.3 is 10.2 Å². The maximum absolute atomic E-state index is 14.8. The van der Waals surface area contributed by atoms with E-state index in [9.17, 15) is 22.4 Å². The highest BCUT2D eigenvalue weighted by Gasteiger charge is 2.33. The Hall–Kier alpha value is -3.72. The van der Waals surface area contributed by atoms with E-state index in [1.165, 1.54) is 11.0 Å². The lowest BCUT2D eigenvalue weighted by Gasteiger charge is -2.34. The minimum atomic E-state index is -3.87. The average Bonchev–Trinajstić information content (AvgIpc) is 2.84. The Bertz CT molecular complexity index is 1390. The average molecular weight is 554 g/mol. The first-order valence-electron chi connectivity index (χ1n) is 12.8. The van der Waals surface area contributed by atoms with Crippen molar-refractivity contribution < 1.29 is 22.4 Å². The molecular weight excluding hydrogens is 517 g/mol. The van der Waals surface area contributed by atoms with E-state index in [1.54, 1.807) is 30.3 Å². The van der Waals surface area contributed by atoms with Gasteiger partial charge in [-0.1, -0.05) is 54.6 Å². The van der Waals surface area contributed by atoms with Gasteiger partial charge in [-0.2, -0.15) is 0 Å². The van der Waals surface area contributed by atoms with Gasteiger partial charge in [0, 0.05) is 24.6 Å². The minimum absolute atomic E-state index is 0.169. The molecule has 39 heavy (non-hydrogen) atoms. The molecule has 0 aliphatic carbocycles. The van der Waals surface area contributed by atoms with Crippen LogP contribution in [0, 0.1) is 19.7 Å². The third kappa shape index (κ3) is 8.38. The van der Waals surface area contributed by atoms with Crippen molar-refractivity contribution in [2.24, 2.45) is 0 Å². The predicted molar refractivity (Wildman–Crippen MR) is 152 cm³/mol. The lowest BCUT2D eigenvalue weighted by molar-refractivity contribution is -0.140. The first kappa shape index (κ1) is 29.8. The number of hydrogen-bond acceptors (Lipinski definition) is 4. The Morgan fingerprint density at radius 2 is 1.51 bits per heavy atom. The van der Waals surface area contributed by atoms with Crippen LogP contribution in [0.15, 0.2) is 72.8 Å². The van der Waals surface area contributed by atoms with Crippen LogP contribution in [0.25, 0.3) is 0 Å². The predicted octanol–water partition coefficient (Wildman–Crippen LogP) is 4.37. The summed E-state index contributed by atoms with van der Waals surface area (Å²) in [5.74, 6) is -1.55. The molecule has 0 fully saturated rings. The number of rotatable bonds is 11. The Morgan fingerprint density at radius 3 is 2.08 bits per heavy atom. The first-order chi connectivity index (χ1) is 18.3. The van der Waals surface area contributed by atoms with E-state index in [0.29, 0.717) is 5.69 Å². The summed E-state index contributed by atoms with van der Waals surface area (Å²) in [6, 6.07) is 19.3. The van der Waals surface area contributed by atoms with Crippen molar-refractivity contribution >= 4 is 27.5 Å². The zero-order valence-electron chi connectivity index (χ0n) is 23.0. The van der Waals surface area contributed by atoms with Crippen molar-refractivity contribution in [3.05, 3.63) is 101 Å². The highest BCUT2D eigenvalue weighted by Crippen LogP contribution is 2.23. The number of halogens is 1. The van der Waals surface area contributed by atoms with Crippen molar-refractivity contribution in [2.45, 2.75) is 52.7 Å². The molecule has 208 valence electrons. The van der Waals surface area contributed by atoms with E-state index in [-0.39, 0.29) is 24.6 Å². The summed E-state index contributed by atoms with van der Waals surface area (Å²) >= 11 is 0. The lowest BCUT2D eigenvalue weighted by Crippen LogP contribution is -2.54. The van der Waals surface area contributed by atoms with Crippen LogP contribution in [-0.4, -0.2) is 50.0 Å². The number of sulfonamides is 1. The number of carbonyl (C=O) groups is 2. The van der Waals surface area contributed by atoms with Crippen LogP contribution in [-0.2, 0) is 32.6 Å². The normalized spacial score (nSPS) is 12.2. The summed E-state index contributed by atoms with van der Waals surface area (Å²) in [5.41, 5.74) is 3.06. The summed E-state index contributed by atoms with van der Waals surface area (Å²) < 4.78 is 41.6. The molecule has 0 saturated carbocycles. The number of hydrogen-bond donors (Lipinski definition) is 1. The molecule has 0 aliphatic heterocycles. The third-order valence-electron chi connectivity index (χ3n) is 6.17. The van der Waals surface area contributed by atoms with Crippen LogP contribution in [0.1, 0.15) is 36.1 Å². The first-order valence-corrected chi connectivity index (χ1v) is 14.6. The lowest BCUT2D eigenvalue weighted by atomic mass is 10.0. The van der Waals surface area contributed by atoms with Crippen LogP contribution in [0.4, 0.5) is 10.1 Å². The van der Waals surface area contributed by atoms with Gasteiger partial charge in [0.1, 0.15) is 18.4 Å². The van der Waals surface area contributed by atoms with Crippen molar-refractivity contribution in [3.63, 3.8) is 0 Å². The van der Waals surface area contributed by atoms with Gasteiger partial charge in [-0.05, 0) is 62.6 Å². The maximum atomic E-state index is 14.8. The summed E-state index contributed by atoms with van der Waals surface area (Å²) in [6.07, 6.45) is 1.20. The molecule has 0 aromatic heterocycles. The summed E-state index contributed by atoms with van der Waals surface area (Å²) in [5, 5.41) is 2.87. The van der Waals surface area contributed by atoms with Gasteiger partial charge in [0.05, 0.1) is 11.9 Å². The number of nitrogens with zero attached hydrogens (tertiary/aromatic N) is 2. The number of benzene rings is 3. The standard InChI is InChI=1S/C30H36FN3O4S/c1-21(2)32-30(36)28(18-24-11-7-6-8-12-24)33(19-25-13-9-10-14-27(25)31)29(35)20-34(39(5,37)38)26-16-22(3)15-23(4)17-26/h6-17,21,28H,18-20H2,1-5H3,(H,32,36)/t28-/m0/s1. The molecule has 0 heterocycles. The zero-order chi connectivity index (χ0) is 28.7. The second-order valence-electron chi connectivity index (χ2n) is 10.1. The number of anilines is 1. The Balaban J connectivity index is 2.08. The molecule has 7 nitrogen and oxygen atoms in total. The highest BCUT2D eigenvalue weighted by molar-refractivity contribution is 7.92. The second-order valence-corrected chi connectivity index (χ2v) is 12.0. The van der Waals surface area contributed by atoms with Gasteiger partial charge in [-0.25, -0.2) is 12.8 Å².